The number of carbonyl (C=O) groups is 1. The first-order valence-corrected chi connectivity index (χ1v) is 11.1. The standard InChI is InChI=1S/C19H21NO7S2/c21-19(17-4-2-1-3-5-17)11-8-16-6-9-18(10-7-16)20(12-14-28-27-26-22)13-15-29(23,24)25/h1-11,22H,12-15H2,(H,23,24,25)/b11-8+. The number of hydrogen-bond acceptors (Lipinski definition) is 8. The van der Waals surface area contributed by atoms with Gasteiger partial charge in [0.1, 0.15) is 0 Å². The van der Waals surface area contributed by atoms with Crippen LogP contribution in [-0.2, 0) is 19.5 Å². The predicted molar refractivity (Wildman–Crippen MR) is 112 cm³/mol. The minimum atomic E-state index is -4.11. The molecule has 2 aromatic carbocycles. The molecule has 0 aromatic heterocycles. The lowest BCUT2D eigenvalue weighted by Crippen LogP contribution is -2.31. The van der Waals surface area contributed by atoms with Gasteiger partial charge in [-0.2, -0.15) is 8.42 Å². The van der Waals surface area contributed by atoms with Gasteiger partial charge >= 0.3 is 0 Å². The number of anilines is 1. The van der Waals surface area contributed by atoms with Gasteiger partial charge in [0.15, 0.2) is 5.78 Å². The van der Waals surface area contributed by atoms with Crippen molar-refractivity contribution < 1.29 is 32.4 Å². The van der Waals surface area contributed by atoms with E-state index in [1.165, 1.54) is 6.08 Å². The molecular formula is C19H21NO7S2. The molecule has 2 rings (SSSR count). The summed E-state index contributed by atoms with van der Waals surface area (Å²) < 4.78 is 35.5. The Kier molecular flexibility index (Phi) is 9.32. The first-order valence-electron chi connectivity index (χ1n) is 8.56. The van der Waals surface area contributed by atoms with Crippen molar-refractivity contribution in [3.05, 3.63) is 71.8 Å². The summed E-state index contributed by atoms with van der Waals surface area (Å²) in [5, 5.41) is 11.7. The maximum absolute atomic E-state index is 12.1. The van der Waals surface area contributed by atoms with E-state index in [-0.39, 0.29) is 12.3 Å². The summed E-state index contributed by atoms with van der Waals surface area (Å²) in [4.78, 5) is 13.9. The zero-order valence-corrected chi connectivity index (χ0v) is 17.0. The highest BCUT2D eigenvalue weighted by Gasteiger charge is 2.12. The molecule has 0 fully saturated rings. The van der Waals surface area contributed by atoms with Crippen LogP contribution in [0.1, 0.15) is 15.9 Å². The Morgan fingerprint density at radius 3 is 2.38 bits per heavy atom. The molecule has 2 aromatic rings. The molecule has 8 nitrogen and oxygen atoms in total. The summed E-state index contributed by atoms with van der Waals surface area (Å²) in [6.45, 7) is 0.451. The minimum absolute atomic E-state index is 0.0705. The van der Waals surface area contributed by atoms with Crippen molar-refractivity contribution in [3.63, 3.8) is 0 Å². The number of hydrogen-bond donors (Lipinski definition) is 2. The monoisotopic (exact) mass is 439 g/mol. The van der Waals surface area contributed by atoms with Gasteiger partial charge in [0.25, 0.3) is 10.1 Å². The third kappa shape index (κ3) is 8.77. The SMILES string of the molecule is O=C(/C=C/c1ccc(N(CCSOOO)CCS(=O)(=O)O)cc1)c1ccccc1. The Balaban J connectivity index is 2.04. The molecule has 0 aliphatic rings. The van der Waals surface area contributed by atoms with E-state index in [0.29, 0.717) is 17.9 Å². The lowest BCUT2D eigenvalue weighted by molar-refractivity contribution is -0.432. The van der Waals surface area contributed by atoms with E-state index in [9.17, 15) is 13.2 Å². The average molecular weight is 440 g/mol. The van der Waals surface area contributed by atoms with E-state index in [4.69, 9.17) is 9.81 Å². The molecule has 0 bridgehead atoms. The van der Waals surface area contributed by atoms with Crippen molar-refractivity contribution in [3.8, 4) is 0 Å². The molecule has 0 heterocycles. The van der Waals surface area contributed by atoms with Crippen LogP contribution in [0.5, 0.6) is 0 Å². The van der Waals surface area contributed by atoms with Gasteiger partial charge in [0.2, 0.25) is 0 Å². The van der Waals surface area contributed by atoms with Gasteiger partial charge in [0.05, 0.1) is 5.75 Å². The second kappa shape index (κ2) is 11.7. The Morgan fingerprint density at radius 1 is 1.07 bits per heavy atom. The van der Waals surface area contributed by atoms with Crippen LogP contribution in [0.25, 0.3) is 6.08 Å². The van der Waals surface area contributed by atoms with Crippen LogP contribution in [0, 0.1) is 0 Å². The zero-order chi connectivity index (χ0) is 21.1. The molecule has 0 aliphatic heterocycles. The minimum Gasteiger partial charge on any atom is -0.370 e. The smallest absolute Gasteiger partial charge is 0.266 e. The van der Waals surface area contributed by atoms with Gasteiger partial charge in [-0.3, -0.25) is 9.35 Å². The van der Waals surface area contributed by atoms with Gasteiger partial charge in [0, 0.05) is 42.1 Å². The Hall–Kier alpha value is -2.21. The van der Waals surface area contributed by atoms with Crippen molar-refractivity contribution in [2.24, 2.45) is 0 Å². The Morgan fingerprint density at radius 2 is 1.76 bits per heavy atom. The van der Waals surface area contributed by atoms with Crippen molar-refractivity contribution in [2.45, 2.75) is 0 Å². The van der Waals surface area contributed by atoms with Gasteiger partial charge < -0.3 is 4.90 Å². The molecule has 0 aliphatic carbocycles. The molecule has 156 valence electrons. The number of carbonyl (C=O) groups excluding carboxylic acids is 1. The van der Waals surface area contributed by atoms with E-state index in [1.807, 2.05) is 6.07 Å². The Bertz CT molecular complexity index is 900. The third-order valence-corrected chi connectivity index (χ3v) is 5.09. The number of ketones is 1. The van der Waals surface area contributed by atoms with E-state index in [2.05, 4.69) is 9.37 Å². The van der Waals surface area contributed by atoms with Crippen molar-refractivity contribution in [2.75, 3.05) is 29.5 Å². The molecule has 29 heavy (non-hydrogen) atoms. The van der Waals surface area contributed by atoms with Gasteiger partial charge in [-0.1, -0.05) is 53.6 Å². The van der Waals surface area contributed by atoms with Crippen LogP contribution < -0.4 is 4.90 Å². The molecule has 0 saturated heterocycles. The number of rotatable bonds is 12. The highest BCUT2D eigenvalue weighted by atomic mass is 32.2. The van der Waals surface area contributed by atoms with Gasteiger partial charge in [-0.25, -0.2) is 5.26 Å². The van der Waals surface area contributed by atoms with Crippen molar-refractivity contribution >= 4 is 39.7 Å². The van der Waals surface area contributed by atoms with E-state index in [1.54, 1.807) is 59.5 Å². The molecule has 0 unspecified atom stereocenters. The average Bonchev–Trinajstić information content (AvgIpc) is 2.72. The molecule has 0 amide bonds. The predicted octanol–water partition coefficient (Wildman–Crippen LogP) is 3.35. The number of allylic oxidation sites excluding steroid dienone is 1. The van der Waals surface area contributed by atoms with Crippen LogP contribution in [0.3, 0.4) is 0 Å². The maximum Gasteiger partial charge on any atom is 0.266 e. The van der Waals surface area contributed by atoms with Gasteiger partial charge in [-0.15, -0.1) is 4.33 Å². The fourth-order valence-corrected chi connectivity index (χ4v) is 3.32. The van der Waals surface area contributed by atoms with Crippen LogP contribution in [0.4, 0.5) is 5.69 Å². The number of nitrogens with zero attached hydrogens (tertiary/aromatic N) is 1. The number of benzene rings is 2. The molecular weight excluding hydrogens is 418 g/mol. The summed E-state index contributed by atoms with van der Waals surface area (Å²) >= 11 is 0.847. The van der Waals surface area contributed by atoms with E-state index >= 15 is 0 Å². The normalized spacial score (nSPS) is 11.7. The fraction of sp³-hybridized carbons (Fsp3) is 0.211. The van der Waals surface area contributed by atoms with Crippen molar-refractivity contribution in [1.82, 2.24) is 0 Å². The van der Waals surface area contributed by atoms with Crippen LogP contribution in [-0.4, -0.2) is 48.6 Å². The van der Waals surface area contributed by atoms with Crippen LogP contribution in [0.2, 0.25) is 0 Å². The fourth-order valence-electron chi connectivity index (χ4n) is 2.47. The second-order valence-corrected chi connectivity index (χ2v) is 8.24. The molecule has 0 radical (unpaired) electrons. The molecule has 0 atom stereocenters. The molecule has 2 N–H and O–H groups in total. The highest BCUT2D eigenvalue weighted by Crippen LogP contribution is 2.18. The second-order valence-electron chi connectivity index (χ2n) is 5.89. The topological polar surface area (TPSA) is 113 Å². The largest absolute Gasteiger partial charge is 0.370 e. The quantitative estimate of drug-likeness (QED) is 0.0977. The van der Waals surface area contributed by atoms with E-state index < -0.39 is 15.9 Å². The maximum atomic E-state index is 12.1. The lowest BCUT2D eigenvalue weighted by Gasteiger charge is -2.24. The molecule has 0 saturated carbocycles. The van der Waals surface area contributed by atoms with Crippen LogP contribution in [0.15, 0.2) is 60.7 Å². The highest BCUT2D eigenvalue weighted by molar-refractivity contribution is 7.94. The summed E-state index contributed by atoms with van der Waals surface area (Å²) in [6, 6.07) is 16.1. The van der Waals surface area contributed by atoms with Crippen molar-refractivity contribution in [1.29, 1.82) is 0 Å². The molecule has 10 heteroatoms. The lowest BCUT2D eigenvalue weighted by atomic mass is 10.1. The third-order valence-electron chi connectivity index (χ3n) is 3.89. The zero-order valence-electron chi connectivity index (χ0n) is 15.4. The Labute approximate surface area is 173 Å². The first kappa shape index (κ1) is 23.1. The van der Waals surface area contributed by atoms with Gasteiger partial charge in [-0.05, 0) is 23.8 Å². The summed E-state index contributed by atoms with van der Waals surface area (Å²) in [7, 11) is -4.11. The summed E-state index contributed by atoms with van der Waals surface area (Å²) in [6.07, 6.45) is 3.19. The van der Waals surface area contributed by atoms with Crippen LogP contribution >= 0.6 is 12.0 Å². The first-order chi connectivity index (χ1) is 13.9. The van der Waals surface area contributed by atoms with E-state index in [0.717, 1.165) is 23.3 Å². The summed E-state index contributed by atoms with van der Waals surface area (Å²) in [5.41, 5.74) is 2.13. The summed E-state index contributed by atoms with van der Waals surface area (Å²) in [5.74, 6) is -0.158. The molecule has 0 spiro atoms.